The third-order valence-electron chi connectivity index (χ3n) is 7.06. The number of hydrogen-bond donors (Lipinski definition) is 1. The molecule has 1 fully saturated rings. The van der Waals surface area contributed by atoms with Crippen molar-refractivity contribution in [1.82, 2.24) is 4.90 Å². The molecule has 1 saturated carbocycles. The van der Waals surface area contributed by atoms with Gasteiger partial charge in [0.05, 0.1) is 5.56 Å². The number of benzene rings is 2. The van der Waals surface area contributed by atoms with Crippen LogP contribution in [0.3, 0.4) is 0 Å². The van der Waals surface area contributed by atoms with E-state index < -0.39 is 0 Å². The number of fused-ring (bicyclic) bond motifs is 1. The van der Waals surface area contributed by atoms with Gasteiger partial charge in [-0.25, -0.2) is 0 Å². The molecular formula is C27H34N2OS. The van der Waals surface area contributed by atoms with E-state index in [1.807, 2.05) is 18.2 Å². The van der Waals surface area contributed by atoms with Crippen LogP contribution < -0.4 is 5.73 Å². The third kappa shape index (κ3) is 5.19. The van der Waals surface area contributed by atoms with Crippen LogP contribution in [-0.4, -0.2) is 30.9 Å². The van der Waals surface area contributed by atoms with E-state index in [1.54, 1.807) is 11.3 Å². The summed E-state index contributed by atoms with van der Waals surface area (Å²) in [4.78, 5) is 15.8. The number of carbonyl (C=O) groups excluding carboxylic acids is 1. The number of carbonyl (C=O) groups is 1. The molecular weight excluding hydrogens is 400 g/mol. The minimum absolute atomic E-state index is 0.283. The number of rotatable bonds is 8. The van der Waals surface area contributed by atoms with Crippen molar-refractivity contribution in [3.8, 4) is 0 Å². The van der Waals surface area contributed by atoms with Crippen LogP contribution in [0.2, 0.25) is 0 Å². The van der Waals surface area contributed by atoms with E-state index in [2.05, 4.69) is 55.4 Å². The highest BCUT2D eigenvalue weighted by Gasteiger charge is 2.30. The van der Waals surface area contributed by atoms with Crippen LogP contribution in [0.25, 0.3) is 10.1 Å². The van der Waals surface area contributed by atoms with Gasteiger partial charge in [0, 0.05) is 21.0 Å². The second-order valence-corrected chi connectivity index (χ2v) is 10.4. The Bertz CT molecular complexity index is 1000. The summed E-state index contributed by atoms with van der Waals surface area (Å²) in [5.74, 6) is 1.13. The smallest absolute Gasteiger partial charge is 0.250 e. The molecule has 4 rings (SSSR count). The summed E-state index contributed by atoms with van der Waals surface area (Å²) >= 11 is 1.75. The van der Waals surface area contributed by atoms with Crippen LogP contribution in [0.4, 0.5) is 0 Å². The van der Waals surface area contributed by atoms with Gasteiger partial charge in [-0.05, 0) is 82.5 Å². The Balaban J connectivity index is 1.38. The Labute approximate surface area is 190 Å². The topological polar surface area (TPSA) is 46.3 Å². The Morgan fingerprint density at radius 1 is 1.03 bits per heavy atom. The maximum atomic E-state index is 12.2. The van der Waals surface area contributed by atoms with Gasteiger partial charge < -0.3 is 10.6 Å². The summed E-state index contributed by atoms with van der Waals surface area (Å²) in [6.45, 7) is 0. The third-order valence-corrected chi connectivity index (χ3v) is 8.25. The van der Waals surface area contributed by atoms with E-state index in [-0.39, 0.29) is 5.91 Å². The van der Waals surface area contributed by atoms with Gasteiger partial charge in [0.15, 0.2) is 0 Å². The number of nitrogens with two attached hydrogens (primary N) is 1. The van der Waals surface area contributed by atoms with Crippen molar-refractivity contribution in [2.45, 2.75) is 51.0 Å². The normalized spacial score (nSPS) is 20.2. The minimum atomic E-state index is -0.283. The highest BCUT2D eigenvalue weighted by atomic mass is 32.1. The van der Waals surface area contributed by atoms with Crippen molar-refractivity contribution in [3.05, 3.63) is 70.6 Å². The van der Waals surface area contributed by atoms with Crippen LogP contribution >= 0.6 is 11.3 Å². The van der Waals surface area contributed by atoms with Gasteiger partial charge in [-0.3, -0.25) is 4.79 Å². The zero-order chi connectivity index (χ0) is 21.8. The monoisotopic (exact) mass is 434 g/mol. The largest absolute Gasteiger partial charge is 0.366 e. The van der Waals surface area contributed by atoms with Crippen molar-refractivity contribution in [3.63, 3.8) is 0 Å². The molecule has 2 aromatic carbocycles. The first-order valence-corrected chi connectivity index (χ1v) is 12.3. The molecule has 1 unspecified atom stereocenters. The molecule has 0 aliphatic heterocycles. The zero-order valence-corrected chi connectivity index (χ0v) is 19.5. The number of aryl methyl sites for hydroxylation is 1. The zero-order valence-electron chi connectivity index (χ0n) is 18.7. The fourth-order valence-corrected chi connectivity index (χ4v) is 6.75. The predicted molar refractivity (Wildman–Crippen MR) is 132 cm³/mol. The van der Waals surface area contributed by atoms with Crippen LogP contribution in [0.15, 0.2) is 54.6 Å². The average molecular weight is 435 g/mol. The molecule has 0 saturated heterocycles. The first kappa shape index (κ1) is 22.0. The number of nitrogens with zero attached hydrogens (tertiary/aromatic N) is 1. The molecule has 0 radical (unpaired) electrons. The van der Waals surface area contributed by atoms with Gasteiger partial charge in [0.1, 0.15) is 0 Å². The van der Waals surface area contributed by atoms with Gasteiger partial charge in [-0.2, -0.15) is 0 Å². The predicted octanol–water partition coefficient (Wildman–Crippen LogP) is 5.91. The first-order chi connectivity index (χ1) is 15.0. The summed E-state index contributed by atoms with van der Waals surface area (Å²) in [5, 5.41) is 1.03. The second kappa shape index (κ2) is 9.97. The fraction of sp³-hybridized carbons (Fsp3) is 0.444. The number of amides is 1. The SMILES string of the molecule is CN(C)C(CCc1ccccc1)C1CCC(Cc2sc3ccccc3c2C(N)=O)CC1. The minimum Gasteiger partial charge on any atom is -0.366 e. The highest BCUT2D eigenvalue weighted by molar-refractivity contribution is 7.19. The molecule has 1 atom stereocenters. The van der Waals surface area contributed by atoms with E-state index in [9.17, 15) is 4.79 Å². The summed E-state index contributed by atoms with van der Waals surface area (Å²) in [6, 6.07) is 19.6. The van der Waals surface area contributed by atoms with Crippen molar-refractivity contribution in [2.75, 3.05) is 14.1 Å². The number of primary amides is 1. The lowest BCUT2D eigenvalue weighted by atomic mass is 9.75. The number of thiophene rings is 1. The lowest BCUT2D eigenvalue weighted by molar-refractivity contribution is 0.100. The van der Waals surface area contributed by atoms with Crippen LogP contribution in [0.5, 0.6) is 0 Å². The molecule has 0 spiro atoms. The molecule has 1 amide bonds. The van der Waals surface area contributed by atoms with Crippen LogP contribution in [0, 0.1) is 11.8 Å². The summed E-state index contributed by atoms with van der Waals surface area (Å²) in [6.07, 6.45) is 8.39. The maximum Gasteiger partial charge on any atom is 0.250 e. The molecule has 1 aromatic heterocycles. The Morgan fingerprint density at radius 2 is 1.71 bits per heavy atom. The maximum absolute atomic E-state index is 12.2. The molecule has 164 valence electrons. The van der Waals surface area contributed by atoms with Crippen molar-refractivity contribution in [1.29, 1.82) is 0 Å². The standard InChI is InChI=1S/C27H34N2OS/c1-29(2)23(17-14-19-8-4-3-5-9-19)21-15-12-20(13-16-21)18-25-26(27(28)30)22-10-6-7-11-24(22)31-25/h3-11,20-21,23H,12-18H2,1-2H3,(H2,28,30). The van der Waals surface area contributed by atoms with Gasteiger partial charge in [0.25, 0.3) is 0 Å². The molecule has 3 nitrogen and oxygen atoms in total. The van der Waals surface area contributed by atoms with Gasteiger partial charge in [-0.1, -0.05) is 48.5 Å². The van der Waals surface area contributed by atoms with Crippen LogP contribution in [0.1, 0.15) is 52.9 Å². The first-order valence-electron chi connectivity index (χ1n) is 11.5. The summed E-state index contributed by atoms with van der Waals surface area (Å²) < 4.78 is 1.17. The van der Waals surface area contributed by atoms with E-state index >= 15 is 0 Å². The Morgan fingerprint density at radius 3 is 2.39 bits per heavy atom. The second-order valence-electron chi connectivity index (χ2n) is 9.30. The van der Waals surface area contributed by atoms with Gasteiger partial charge in [-0.15, -0.1) is 11.3 Å². The van der Waals surface area contributed by atoms with E-state index in [4.69, 9.17) is 5.73 Å². The molecule has 1 aliphatic rings. The lowest BCUT2D eigenvalue weighted by Gasteiger charge is -2.37. The molecule has 1 heterocycles. The Hall–Kier alpha value is -2.17. The summed E-state index contributed by atoms with van der Waals surface area (Å²) in [7, 11) is 4.47. The Kier molecular flexibility index (Phi) is 7.09. The van der Waals surface area contributed by atoms with Crippen LogP contribution in [-0.2, 0) is 12.8 Å². The molecule has 2 N–H and O–H groups in total. The van der Waals surface area contributed by atoms with Gasteiger partial charge in [0.2, 0.25) is 5.91 Å². The average Bonchev–Trinajstić information content (AvgIpc) is 3.13. The number of hydrogen-bond acceptors (Lipinski definition) is 3. The summed E-state index contributed by atoms with van der Waals surface area (Å²) in [5.41, 5.74) is 7.97. The van der Waals surface area contributed by atoms with E-state index in [0.717, 1.165) is 29.7 Å². The molecule has 3 aromatic rings. The highest BCUT2D eigenvalue weighted by Crippen LogP contribution is 2.39. The van der Waals surface area contributed by atoms with E-state index in [1.165, 1.54) is 47.2 Å². The quantitative estimate of drug-likeness (QED) is 0.479. The van der Waals surface area contributed by atoms with E-state index in [0.29, 0.717) is 12.0 Å². The van der Waals surface area contributed by atoms with Crippen molar-refractivity contribution < 1.29 is 4.79 Å². The van der Waals surface area contributed by atoms with Gasteiger partial charge >= 0.3 is 0 Å². The molecule has 0 bridgehead atoms. The fourth-order valence-electron chi connectivity index (χ4n) is 5.42. The molecule has 31 heavy (non-hydrogen) atoms. The lowest BCUT2D eigenvalue weighted by Crippen LogP contribution is -2.38. The van der Waals surface area contributed by atoms with Crippen molar-refractivity contribution >= 4 is 27.3 Å². The van der Waals surface area contributed by atoms with Crippen molar-refractivity contribution in [2.24, 2.45) is 17.6 Å². The molecule has 4 heteroatoms. The molecule has 1 aliphatic carbocycles.